The lowest BCUT2D eigenvalue weighted by Crippen LogP contribution is -2.10. The zero-order valence-electron chi connectivity index (χ0n) is 12.1. The van der Waals surface area contributed by atoms with Gasteiger partial charge in [0.25, 0.3) is 0 Å². The fourth-order valence-corrected chi connectivity index (χ4v) is 2.72. The maximum atomic E-state index is 12.6. The van der Waals surface area contributed by atoms with Crippen molar-refractivity contribution in [1.82, 2.24) is 4.98 Å². The van der Waals surface area contributed by atoms with Crippen LogP contribution in [0.4, 0.5) is 0 Å². The number of rotatable bonds is 5. The van der Waals surface area contributed by atoms with Crippen LogP contribution in [0, 0.1) is 0 Å². The van der Waals surface area contributed by atoms with Crippen LogP contribution < -0.4 is 9.47 Å². The number of Topliss-reactive ketones (excluding diaryl/α,β-unsaturated/α-hetero) is 1. The van der Waals surface area contributed by atoms with Gasteiger partial charge in [-0.25, -0.2) is 4.98 Å². The number of aromatic nitrogens is 1. The molecule has 1 fully saturated rings. The number of nitrogens with zero attached hydrogens (tertiary/aromatic N) is 1. The summed E-state index contributed by atoms with van der Waals surface area (Å²) in [6.07, 6.45) is 0.751. The summed E-state index contributed by atoms with van der Waals surface area (Å²) in [6, 6.07) is 8.96. The fraction of sp³-hybridized carbons (Fsp3) is 0.250. The van der Waals surface area contributed by atoms with Gasteiger partial charge >= 0.3 is 0 Å². The molecule has 22 heavy (non-hydrogen) atoms. The third-order valence-electron chi connectivity index (χ3n) is 3.47. The summed E-state index contributed by atoms with van der Waals surface area (Å²) in [5.41, 5.74) is 1.27. The first kappa shape index (κ1) is 15.0. The largest absolute Gasteiger partial charge is 0.496 e. The van der Waals surface area contributed by atoms with Crippen molar-refractivity contribution in [3.8, 4) is 11.6 Å². The Kier molecular flexibility index (Phi) is 4.13. The Morgan fingerprint density at radius 1 is 1.27 bits per heavy atom. The number of methoxy groups -OCH3 is 2. The Morgan fingerprint density at radius 3 is 2.77 bits per heavy atom. The lowest BCUT2D eigenvalue weighted by molar-refractivity contribution is 0.0950. The van der Waals surface area contributed by atoms with Crippen molar-refractivity contribution in [3.63, 3.8) is 0 Å². The molecule has 5 nitrogen and oxygen atoms in total. The van der Waals surface area contributed by atoms with Crippen molar-refractivity contribution in [2.24, 2.45) is 0 Å². The number of benzene rings is 1. The van der Waals surface area contributed by atoms with E-state index in [1.165, 1.54) is 0 Å². The lowest BCUT2D eigenvalue weighted by atomic mass is 10.0. The zero-order chi connectivity index (χ0) is 15.7. The van der Waals surface area contributed by atoms with Crippen LogP contribution in [0.15, 0.2) is 41.0 Å². The van der Waals surface area contributed by atoms with Gasteiger partial charge in [0.15, 0.2) is 11.9 Å². The average Bonchev–Trinajstić information content (AvgIpc) is 3.34. The van der Waals surface area contributed by atoms with Gasteiger partial charge in [0.1, 0.15) is 11.9 Å². The molecule has 1 aliphatic rings. The summed E-state index contributed by atoms with van der Waals surface area (Å²) in [5, 5.41) is 0. The third-order valence-corrected chi connectivity index (χ3v) is 3.90. The van der Waals surface area contributed by atoms with Gasteiger partial charge in [-0.1, -0.05) is 12.1 Å². The van der Waals surface area contributed by atoms with Crippen LogP contribution in [-0.4, -0.2) is 31.1 Å². The predicted octanol–water partition coefficient (Wildman–Crippen LogP) is 3.18. The second-order valence-corrected chi connectivity index (χ2v) is 5.71. The van der Waals surface area contributed by atoms with Crippen LogP contribution in [-0.2, 0) is 4.74 Å². The number of para-hydroxylation sites is 1. The minimum atomic E-state index is -0.540. The van der Waals surface area contributed by atoms with Crippen molar-refractivity contribution < 1.29 is 19.0 Å². The highest BCUT2D eigenvalue weighted by molar-refractivity contribution is 9.10. The van der Waals surface area contributed by atoms with E-state index in [1.54, 1.807) is 38.6 Å². The van der Waals surface area contributed by atoms with Gasteiger partial charge in [-0.2, -0.15) is 0 Å². The molecule has 0 aliphatic carbocycles. The summed E-state index contributed by atoms with van der Waals surface area (Å²) >= 11 is 3.37. The van der Waals surface area contributed by atoms with E-state index >= 15 is 0 Å². The molecule has 2 aromatic rings. The summed E-state index contributed by atoms with van der Waals surface area (Å²) in [5.74, 6) is 0.897. The second kappa shape index (κ2) is 6.06. The van der Waals surface area contributed by atoms with E-state index in [1.807, 2.05) is 12.1 Å². The van der Waals surface area contributed by atoms with Crippen molar-refractivity contribution in [2.45, 2.75) is 12.2 Å². The summed E-state index contributed by atoms with van der Waals surface area (Å²) in [4.78, 5) is 16.8. The third kappa shape index (κ3) is 2.71. The molecule has 1 saturated heterocycles. The van der Waals surface area contributed by atoms with Crippen molar-refractivity contribution in [2.75, 3.05) is 14.2 Å². The number of epoxide rings is 1. The summed E-state index contributed by atoms with van der Waals surface area (Å²) in [6.45, 7) is 0. The monoisotopic (exact) mass is 363 g/mol. The quantitative estimate of drug-likeness (QED) is 0.603. The van der Waals surface area contributed by atoms with Gasteiger partial charge in [0, 0.05) is 16.2 Å². The first-order valence-electron chi connectivity index (χ1n) is 6.68. The average molecular weight is 364 g/mol. The van der Waals surface area contributed by atoms with Crippen LogP contribution in [0.3, 0.4) is 0 Å². The fourth-order valence-electron chi connectivity index (χ4n) is 2.37. The number of carbonyl (C=O) groups excluding carboxylic acids is 1. The van der Waals surface area contributed by atoms with Gasteiger partial charge in [0.2, 0.25) is 5.88 Å². The van der Waals surface area contributed by atoms with Gasteiger partial charge < -0.3 is 14.2 Å². The molecule has 0 amide bonds. The Morgan fingerprint density at radius 2 is 2.05 bits per heavy atom. The number of hydrogen-bond acceptors (Lipinski definition) is 5. The number of pyridine rings is 1. The molecule has 2 heterocycles. The number of ketones is 1. The molecule has 0 N–H and O–H groups in total. The molecule has 0 saturated carbocycles. The molecule has 114 valence electrons. The van der Waals surface area contributed by atoms with E-state index in [-0.39, 0.29) is 11.9 Å². The highest BCUT2D eigenvalue weighted by atomic mass is 79.9. The van der Waals surface area contributed by atoms with Gasteiger partial charge in [-0.3, -0.25) is 4.79 Å². The highest BCUT2D eigenvalue weighted by Crippen LogP contribution is 2.45. The first-order chi connectivity index (χ1) is 10.7. The van der Waals surface area contributed by atoms with E-state index < -0.39 is 6.10 Å². The normalized spacial score (nSPS) is 19.6. The molecule has 0 bridgehead atoms. The summed E-state index contributed by atoms with van der Waals surface area (Å²) in [7, 11) is 3.08. The first-order valence-corrected chi connectivity index (χ1v) is 7.47. The molecule has 0 spiro atoms. The van der Waals surface area contributed by atoms with E-state index in [2.05, 4.69) is 20.9 Å². The molecule has 2 atom stereocenters. The SMILES string of the molecule is COc1ccccc1C(=O)C1OC1c1cc(Br)cnc1OC. The number of carbonyl (C=O) groups is 1. The maximum Gasteiger partial charge on any atom is 0.219 e. The molecule has 0 radical (unpaired) electrons. The maximum absolute atomic E-state index is 12.6. The number of ether oxygens (including phenoxy) is 3. The molecule has 6 heteroatoms. The number of halogens is 1. The highest BCUT2D eigenvalue weighted by Gasteiger charge is 2.48. The second-order valence-electron chi connectivity index (χ2n) is 4.79. The Labute approximate surface area is 136 Å². The topological polar surface area (TPSA) is 61.0 Å². The minimum absolute atomic E-state index is 0.107. The van der Waals surface area contributed by atoms with Gasteiger partial charge in [0.05, 0.1) is 19.8 Å². The van der Waals surface area contributed by atoms with Crippen molar-refractivity contribution in [1.29, 1.82) is 0 Å². The van der Waals surface area contributed by atoms with E-state index in [0.29, 0.717) is 17.2 Å². The lowest BCUT2D eigenvalue weighted by Gasteiger charge is -2.06. The summed E-state index contributed by atoms with van der Waals surface area (Å²) < 4.78 is 16.8. The van der Waals surface area contributed by atoms with E-state index in [4.69, 9.17) is 14.2 Å². The Balaban J connectivity index is 1.85. The predicted molar refractivity (Wildman–Crippen MR) is 83.4 cm³/mol. The smallest absolute Gasteiger partial charge is 0.219 e. The van der Waals surface area contributed by atoms with E-state index in [0.717, 1.165) is 10.0 Å². The van der Waals surface area contributed by atoms with E-state index in [9.17, 15) is 4.79 Å². The molecular weight excluding hydrogens is 350 g/mol. The standard InChI is InChI=1S/C16H14BrNO4/c1-20-12-6-4-3-5-10(12)13(19)15-14(22-15)11-7-9(17)8-18-16(11)21-2/h3-8,14-15H,1-2H3. The molecule has 1 aromatic carbocycles. The van der Waals surface area contributed by atoms with Gasteiger partial charge in [-0.15, -0.1) is 0 Å². The Bertz CT molecular complexity index is 719. The van der Waals surface area contributed by atoms with Crippen LogP contribution in [0.1, 0.15) is 22.0 Å². The molecular formula is C16H14BrNO4. The van der Waals surface area contributed by atoms with Crippen molar-refractivity contribution in [3.05, 3.63) is 52.1 Å². The molecule has 2 unspecified atom stereocenters. The van der Waals surface area contributed by atoms with Crippen LogP contribution >= 0.6 is 15.9 Å². The van der Waals surface area contributed by atoms with Crippen LogP contribution in [0.5, 0.6) is 11.6 Å². The molecule has 3 rings (SSSR count). The molecule has 1 aliphatic heterocycles. The Hall–Kier alpha value is -1.92. The number of hydrogen-bond donors (Lipinski definition) is 0. The zero-order valence-corrected chi connectivity index (χ0v) is 13.7. The van der Waals surface area contributed by atoms with Crippen molar-refractivity contribution >= 4 is 21.7 Å². The minimum Gasteiger partial charge on any atom is -0.496 e. The van der Waals surface area contributed by atoms with Crippen LogP contribution in [0.2, 0.25) is 0 Å². The van der Waals surface area contributed by atoms with Gasteiger partial charge in [-0.05, 0) is 34.1 Å². The molecule has 1 aromatic heterocycles. The van der Waals surface area contributed by atoms with Crippen LogP contribution in [0.25, 0.3) is 0 Å².